The van der Waals surface area contributed by atoms with Crippen molar-refractivity contribution in [2.75, 3.05) is 38.6 Å². The van der Waals surface area contributed by atoms with E-state index >= 15 is 0 Å². The van der Waals surface area contributed by atoms with Crippen LogP contribution >= 0.6 is 0 Å². The summed E-state index contributed by atoms with van der Waals surface area (Å²) in [5.41, 5.74) is 12.3. The lowest BCUT2D eigenvalue weighted by Crippen LogP contribution is -2.17. The first kappa shape index (κ1) is 22.4. The predicted octanol–water partition coefficient (Wildman–Crippen LogP) is 4.46. The lowest BCUT2D eigenvalue weighted by atomic mass is 9.97. The highest BCUT2D eigenvalue weighted by Gasteiger charge is 2.24. The largest absolute Gasteiger partial charge is 0.372 e. The molecule has 1 saturated heterocycles. The quantitative estimate of drug-likeness (QED) is 0.629. The van der Waals surface area contributed by atoms with E-state index in [0.29, 0.717) is 5.56 Å². The fourth-order valence-electron chi connectivity index (χ4n) is 4.68. The van der Waals surface area contributed by atoms with Crippen LogP contribution in [-0.2, 0) is 13.0 Å². The average Bonchev–Trinajstić information content (AvgIpc) is 3.34. The van der Waals surface area contributed by atoms with Crippen LogP contribution in [0.4, 0.5) is 5.69 Å². The van der Waals surface area contributed by atoms with Crippen LogP contribution in [0.25, 0.3) is 11.1 Å². The number of nitrogens with zero attached hydrogens (tertiary/aromatic N) is 3. The Labute approximate surface area is 181 Å². The van der Waals surface area contributed by atoms with E-state index in [2.05, 4.69) is 59.7 Å². The van der Waals surface area contributed by atoms with Crippen LogP contribution in [0.15, 0.2) is 24.3 Å². The molecular formula is C25H38N4O. The molecule has 30 heavy (non-hydrogen) atoms. The number of amides is 1. The summed E-state index contributed by atoms with van der Waals surface area (Å²) < 4.78 is 2.35. The molecule has 5 heteroatoms. The molecule has 2 heterocycles. The maximum atomic E-state index is 12.5. The van der Waals surface area contributed by atoms with Gasteiger partial charge in [0.2, 0.25) is 0 Å². The molecule has 1 aromatic heterocycles. The van der Waals surface area contributed by atoms with Crippen molar-refractivity contribution in [2.24, 2.45) is 5.73 Å². The third-order valence-corrected chi connectivity index (χ3v) is 6.26. The molecule has 1 aliphatic heterocycles. The molecule has 0 aliphatic carbocycles. The van der Waals surface area contributed by atoms with Crippen LogP contribution < -0.4 is 10.6 Å². The van der Waals surface area contributed by atoms with Crippen molar-refractivity contribution in [3.05, 3.63) is 41.2 Å². The maximum Gasteiger partial charge on any atom is 0.251 e. The fourth-order valence-corrected chi connectivity index (χ4v) is 4.68. The topological polar surface area (TPSA) is 54.5 Å². The molecule has 0 spiro atoms. The molecule has 1 amide bonds. The molecule has 1 aliphatic rings. The van der Waals surface area contributed by atoms with Crippen LogP contribution in [0.3, 0.4) is 0 Å². The van der Waals surface area contributed by atoms with Crippen LogP contribution in [0.5, 0.6) is 0 Å². The third kappa shape index (κ3) is 4.89. The van der Waals surface area contributed by atoms with Gasteiger partial charge in [0, 0.05) is 42.3 Å². The summed E-state index contributed by atoms with van der Waals surface area (Å²) in [6, 6.07) is 8.75. The highest BCUT2D eigenvalue weighted by Crippen LogP contribution is 2.35. The van der Waals surface area contributed by atoms with E-state index in [0.717, 1.165) is 68.7 Å². The predicted molar refractivity (Wildman–Crippen MR) is 126 cm³/mol. The van der Waals surface area contributed by atoms with Crippen LogP contribution in [0.1, 0.15) is 60.8 Å². The van der Waals surface area contributed by atoms with Gasteiger partial charge in [0.15, 0.2) is 0 Å². The number of carbonyl (C=O) groups is 1. The Morgan fingerprint density at radius 3 is 2.33 bits per heavy atom. The van der Waals surface area contributed by atoms with Gasteiger partial charge in [-0.25, -0.2) is 0 Å². The smallest absolute Gasteiger partial charge is 0.251 e. The maximum absolute atomic E-state index is 12.5. The number of hydrogen-bond donors (Lipinski definition) is 1. The molecule has 5 nitrogen and oxygen atoms in total. The van der Waals surface area contributed by atoms with Gasteiger partial charge in [-0.1, -0.05) is 25.5 Å². The van der Waals surface area contributed by atoms with Crippen LogP contribution in [-0.4, -0.2) is 49.1 Å². The van der Waals surface area contributed by atoms with Gasteiger partial charge in [-0.05, 0) is 77.4 Å². The summed E-state index contributed by atoms with van der Waals surface area (Å²) in [7, 11) is 4.20. The van der Waals surface area contributed by atoms with Gasteiger partial charge < -0.3 is 20.1 Å². The van der Waals surface area contributed by atoms with Crippen molar-refractivity contribution in [3.8, 4) is 11.1 Å². The standard InChI is InChI=1S/C25H38N4O/c1-5-6-10-22-24(20-11-13-21(14-12-20)28-16-7-8-17-28)23(25(26)30)19(2)29(22)18-9-15-27(3)4/h11-14H,5-10,15-18H2,1-4H3,(H2,26,30). The number of hydrogen-bond acceptors (Lipinski definition) is 3. The van der Waals surface area contributed by atoms with Gasteiger partial charge in [0.1, 0.15) is 0 Å². The number of rotatable bonds is 10. The number of anilines is 1. The molecule has 0 radical (unpaired) electrons. The molecular weight excluding hydrogens is 372 g/mol. The van der Waals surface area contributed by atoms with E-state index in [1.807, 2.05) is 6.92 Å². The highest BCUT2D eigenvalue weighted by molar-refractivity contribution is 6.02. The Hall–Kier alpha value is -2.27. The van der Waals surface area contributed by atoms with Gasteiger partial charge in [-0.3, -0.25) is 4.79 Å². The van der Waals surface area contributed by atoms with Gasteiger partial charge in [0.05, 0.1) is 5.56 Å². The number of unbranched alkanes of at least 4 members (excludes halogenated alkanes) is 1. The van der Waals surface area contributed by atoms with Crippen LogP contribution in [0.2, 0.25) is 0 Å². The third-order valence-electron chi connectivity index (χ3n) is 6.26. The molecule has 2 aromatic rings. The van der Waals surface area contributed by atoms with Crippen molar-refractivity contribution >= 4 is 11.6 Å². The van der Waals surface area contributed by atoms with Crippen molar-refractivity contribution in [1.29, 1.82) is 0 Å². The van der Waals surface area contributed by atoms with Crippen molar-refractivity contribution < 1.29 is 4.79 Å². The fraction of sp³-hybridized carbons (Fsp3) is 0.560. The summed E-state index contributed by atoms with van der Waals surface area (Å²) in [4.78, 5) is 17.2. The minimum absolute atomic E-state index is 0.324. The van der Waals surface area contributed by atoms with E-state index in [1.54, 1.807) is 0 Å². The Bertz CT molecular complexity index is 845. The van der Waals surface area contributed by atoms with Crippen molar-refractivity contribution in [3.63, 3.8) is 0 Å². The summed E-state index contributed by atoms with van der Waals surface area (Å²) in [6.07, 6.45) is 6.78. The lowest BCUT2D eigenvalue weighted by Gasteiger charge is -2.18. The number of nitrogens with two attached hydrogens (primary N) is 1. The normalized spacial score (nSPS) is 14.1. The Balaban J connectivity index is 2.02. The van der Waals surface area contributed by atoms with Crippen molar-refractivity contribution in [1.82, 2.24) is 9.47 Å². The Morgan fingerprint density at radius 1 is 1.10 bits per heavy atom. The second-order valence-corrected chi connectivity index (χ2v) is 8.80. The first-order chi connectivity index (χ1) is 14.4. The van der Waals surface area contributed by atoms with Gasteiger partial charge in [-0.2, -0.15) is 0 Å². The number of benzene rings is 1. The van der Waals surface area contributed by atoms with E-state index < -0.39 is 0 Å². The summed E-state index contributed by atoms with van der Waals surface area (Å²) in [5.74, 6) is -0.324. The van der Waals surface area contributed by atoms with E-state index in [4.69, 9.17) is 5.73 Å². The molecule has 3 rings (SSSR count). The average molecular weight is 411 g/mol. The number of primary amides is 1. The molecule has 0 bridgehead atoms. The summed E-state index contributed by atoms with van der Waals surface area (Å²) in [6.45, 7) is 8.47. The zero-order chi connectivity index (χ0) is 21.7. The first-order valence-corrected chi connectivity index (χ1v) is 11.5. The molecule has 0 atom stereocenters. The van der Waals surface area contributed by atoms with E-state index in [1.165, 1.54) is 24.2 Å². The van der Waals surface area contributed by atoms with Gasteiger partial charge in [0.25, 0.3) is 5.91 Å². The molecule has 164 valence electrons. The monoisotopic (exact) mass is 410 g/mol. The molecule has 0 unspecified atom stereocenters. The van der Waals surface area contributed by atoms with Gasteiger partial charge >= 0.3 is 0 Å². The van der Waals surface area contributed by atoms with Gasteiger partial charge in [-0.15, -0.1) is 0 Å². The highest BCUT2D eigenvalue weighted by atomic mass is 16.1. The van der Waals surface area contributed by atoms with Crippen LogP contribution in [0, 0.1) is 6.92 Å². The summed E-state index contributed by atoms with van der Waals surface area (Å²) in [5, 5.41) is 0. The zero-order valence-electron chi connectivity index (χ0n) is 19.2. The molecule has 2 N–H and O–H groups in total. The number of aromatic nitrogens is 1. The summed E-state index contributed by atoms with van der Waals surface area (Å²) >= 11 is 0. The van der Waals surface area contributed by atoms with E-state index in [-0.39, 0.29) is 5.91 Å². The molecule has 1 aromatic carbocycles. The lowest BCUT2D eigenvalue weighted by molar-refractivity contribution is 0.1000. The molecule has 0 saturated carbocycles. The minimum Gasteiger partial charge on any atom is -0.372 e. The zero-order valence-corrected chi connectivity index (χ0v) is 19.2. The Morgan fingerprint density at radius 2 is 1.77 bits per heavy atom. The van der Waals surface area contributed by atoms with E-state index in [9.17, 15) is 4.79 Å². The first-order valence-electron chi connectivity index (χ1n) is 11.5. The second-order valence-electron chi connectivity index (χ2n) is 8.80. The number of carbonyl (C=O) groups excluding carboxylic acids is 1. The second kappa shape index (κ2) is 10.2. The SMILES string of the molecule is CCCCc1c(-c2ccc(N3CCCC3)cc2)c(C(N)=O)c(C)n1CCCN(C)C. The Kier molecular flexibility index (Phi) is 7.59. The molecule has 1 fully saturated rings. The minimum atomic E-state index is -0.324. The van der Waals surface area contributed by atoms with Crippen molar-refractivity contribution in [2.45, 2.75) is 58.9 Å².